The Balaban J connectivity index is 1.42. The minimum Gasteiger partial charge on any atom is -0.494 e. The van der Waals surface area contributed by atoms with Crippen molar-refractivity contribution in [2.45, 2.75) is 13.5 Å². The van der Waals surface area contributed by atoms with Crippen LogP contribution >= 0.6 is 0 Å². The van der Waals surface area contributed by atoms with Crippen molar-refractivity contribution >= 4 is 29.6 Å². The number of ether oxygens (including phenoxy) is 2. The van der Waals surface area contributed by atoms with Gasteiger partial charge in [0.25, 0.3) is 5.91 Å². The molecular weight excluding hydrogens is 448 g/mol. The van der Waals surface area contributed by atoms with Gasteiger partial charge in [0.15, 0.2) is 6.61 Å². The molecule has 0 heterocycles. The number of hydrazone groups is 1. The van der Waals surface area contributed by atoms with Crippen molar-refractivity contribution in [3.63, 3.8) is 0 Å². The van der Waals surface area contributed by atoms with Gasteiger partial charge in [-0.05, 0) is 54.4 Å². The average molecular weight is 475 g/mol. The van der Waals surface area contributed by atoms with Crippen molar-refractivity contribution in [2.75, 3.05) is 18.5 Å². The van der Waals surface area contributed by atoms with Gasteiger partial charge < -0.3 is 20.1 Å². The van der Waals surface area contributed by atoms with Crippen LogP contribution in [0.1, 0.15) is 18.1 Å². The van der Waals surface area contributed by atoms with Crippen LogP contribution in [-0.4, -0.2) is 37.1 Å². The number of hydrogen-bond donors (Lipinski definition) is 3. The first-order chi connectivity index (χ1) is 17.0. The molecule has 3 amide bonds. The van der Waals surface area contributed by atoms with E-state index in [2.05, 4.69) is 21.2 Å². The topological polar surface area (TPSA) is 118 Å². The number of nitrogens with zero attached hydrogens (tertiary/aromatic N) is 1. The Morgan fingerprint density at radius 3 is 2.37 bits per heavy atom. The Morgan fingerprint density at radius 2 is 1.63 bits per heavy atom. The van der Waals surface area contributed by atoms with Crippen LogP contribution in [-0.2, 0) is 20.9 Å². The van der Waals surface area contributed by atoms with Crippen molar-refractivity contribution in [1.29, 1.82) is 0 Å². The number of hydrogen-bond acceptors (Lipinski definition) is 6. The maximum absolute atomic E-state index is 12.2. The predicted octanol–water partition coefficient (Wildman–Crippen LogP) is 2.87. The molecule has 0 aliphatic carbocycles. The lowest BCUT2D eigenvalue weighted by atomic mass is 10.2. The highest BCUT2D eigenvalue weighted by Gasteiger charge is 2.11. The Kier molecular flexibility index (Phi) is 9.38. The monoisotopic (exact) mass is 474 g/mol. The lowest BCUT2D eigenvalue weighted by Gasteiger charge is -2.09. The molecular formula is C26H26N4O5. The van der Waals surface area contributed by atoms with Crippen LogP contribution < -0.4 is 25.5 Å². The number of carbonyl (C=O) groups is 3. The lowest BCUT2D eigenvalue weighted by Crippen LogP contribution is -2.37. The van der Waals surface area contributed by atoms with Crippen LogP contribution in [0.3, 0.4) is 0 Å². The molecule has 0 atom stereocenters. The molecule has 3 rings (SSSR count). The summed E-state index contributed by atoms with van der Waals surface area (Å²) in [6.45, 7) is 2.52. The highest BCUT2D eigenvalue weighted by Crippen LogP contribution is 2.16. The van der Waals surface area contributed by atoms with Gasteiger partial charge in [0.2, 0.25) is 0 Å². The summed E-state index contributed by atoms with van der Waals surface area (Å²) in [5, 5.41) is 9.06. The zero-order valence-electron chi connectivity index (χ0n) is 19.2. The number of nitrogens with one attached hydrogen (secondary N) is 3. The van der Waals surface area contributed by atoms with E-state index in [0.717, 1.165) is 11.3 Å². The molecule has 35 heavy (non-hydrogen) atoms. The number of benzene rings is 3. The van der Waals surface area contributed by atoms with Crippen LogP contribution in [0.25, 0.3) is 0 Å². The van der Waals surface area contributed by atoms with Crippen LogP contribution in [0.4, 0.5) is 5.69 Å². The van der Waals surface area contributed by atoms with Crippen molar-refractivity contribution in [1.82, 2.24) is 10.7 Å². The summed E-state index contributed by atoms with van der Waals surface area (Å²) in [6, 6.07) is 23.1. The van der Waals surface area contributed by atoms with E-state index in [9.17, 15) is 14.4 Å². The van der Waals surface area contributed by atoms with Gasteiger partial charge in [0, 0.05) is 12.2 Å². The van der Waals surface area contributed by atoms with Crippen LogP contribution in [0, 0.1) is 0 Å². The van der Waals surface area contributed by atoms with Crippen molar-refractivity contribution in [2.24, 2.45) is 5.10 Å². The SMILES string of the molecule is CCOc1ccc(NC(=O)COc2cccc(/C=N\NC(=O)C(=O)NCc3ccccc3)c2)cc1. The summed E-state index contributed by atoms with van der Waals surface area (Å²) in [5.74, 6) is -0.814. The molecule has 0 bridgehead atoms. The van der Waals surface area contributed by atoms with E-state index in [4.69, 9.17) is 9.47 Å². The third-order valence-corrected chi connectivity index (χ3v) is 4.56. The van der Waals surface area contributed by atoms with E-state index in [1.165, 1.54) is 6.21 Å². The summed E-state index contributed by atoms with van der Waals surface area (Å²) in [4.78, 5) is 35.9. The maximum atomic E-state index is 12.2. The molecule has 0 aliphatic rings. The second kappa shape index (κ2) is 13.1. The average Bonchev–Trinajstić information content (AvgIpc) is 2.88. The van der Waals surface area contributed by atoms with E-state index in [-0.39, 0.29) is 19.1 Å². The molecule has 0 unspecified atom stereocenters. The molecule has 0 radical (unpaired) electrons. The molecule has 0 saturated heterocycles. The normalized spacial score (nSPS) is 10.4. The zero-order chi connectivity index (χ0) is 24.9. The second-order valence-corrected chi connectivity index (χ2v) is 7.23. The van der Waals surface area contributed by atoms with E-state index in [1.54, 1.807) is 48.5 Å². The largest absolute Gasteiger partial charge is 0.494 e. The highest BCUT2D eigenvalue weighted by atomic mass is 16.5. The van der Waals surface area contributed by atoms with Crippen molar-refractivity contribution < 1.29 is 23.9 Å². The van der Waals surface area contributed by atoms with Crippen LogP contribution in [0.15, 0.2) is 84.0 Å². The Bertz CT molecular complexity index is 1160. The quantitative estimate of drug-likeness (QED) is 0.237. The number of rotatable bonds is 10. The summed E-state index contributed by atoms with van der Waals surface area (Å²) < 4.78 is 10.9. The van der Waals surface area contributed by atoms with Crippen LogP contribution in [0.2, 0.25) is 0 Å². The number of amides is 3. The van der Waals surface area contributed by atoms with E-state index in [0.29, 0.717) is 23.6 Å². The molecule has 3 aromatic carbocycles. The Morgan fingerprint density at radius 1 is 0.857 bits per heavy atom. The van der Waals surface area contributed by atoms with E-state index < -0.39 is 11.8 Å². The third-order valence-electron chi connectivity index (χ3n) is 4.56. The first-order valence-electron chi connectivity index (χ1n) is 10.9. The van der Waals surface area contributed by atoms with Crippen LogP contribution in [0.5, 0.6) is 11.5 Å². The minimum absolute atomic E-state index is 0.188. The molecule has 0 fully saturated rings. The minimum atomic E-state index is -0.879. The number of anilines is 1. The molecule has 9 heteroatoms. The van der Waals surface area contributed by atoms with E-state index in [1.807, 2.05) is 37.3 Å². The molecule has 9 nitrogen and oxygen atoms in total. The van der Waals surface area contributed by atoms with Gasteiger partial charge in [-0.15, -0.1) is 0 Å². The standard InChI is InChI=1S/C26H26N4O5/c1-2-34-22-13-11-21(12-14-22)29-24(31)18-35-23-10-6-9-20(15-23)17-28-30-26(33)25(32)27-16-19-7-4-3-5-8-19/h3-15,17H,2,16,18H2,1H3,(H,27,32)(H,29,31)(H,30,33)/b28-17-. The predicted molar refractivity (Wildman–Crippen MR) is 132 cm³/mol. The fourth-order valence-corrected chi connectivity index (χ4v) is 2.91. The van der Waals surface area contributed by atoms with Gasteiger partial charge >= 0.3 is 11.8 Å². The molecule has 3 aromatic rings. The van der Waals surface area contributed by atoms with Gasteiger partial charge in [-0.25, -0.2) is 5.43 Å². The maximum Gasteiger partial charge on any atom is 0.329 e. The smallest absolute Gasteiger partial charge is 0.329 e. The third kappa shape index (κ3) is 8.65. The van der Waals surface area contributed by atoms with Gasteiger partial charge in [-0.1, -0.05) is 42.5 Å². The fourth-order valence-electron chi connectivity index (χ4n) is 2.91. The molecule has 0 spiro atoms. The van der Waals surface area contributed by atoms with Gasteiger partial charge in [0.1, 0.15) is 11.5 Å². The molecule has 180 valence electrons. The van der Waals surface area contributed by atoms with Crippen molar-refractivity contribution in [3.05, 3.63) is 90.0 Å². The summed E-state index contributed by atoms with van der Waals surface area (Å²) in [5.41, 5.74) is 4.30. The van der Waals surface area contributed by atoms with Gasteiger partial charge in [-0.2, -0.15) is 5.10 Å². The molecule has 3 N–H and O–H groups in total. The van der Waals surface area contributed by atoms with Gasteiger partial charge in [0.05, 0.1) is 12.8 Å². The lowest BCUT2D eigenvalue weighted by molar-refractivity contribution is -0.139. The zero-order valence-corrected chi connectivity index (χ0v) is 19.2. The van der Waals surface area contributed by atoms with Gasteiger partial charge in [-0.3, -0.25) is 14.4 Å². The Hall–Kier alpha value is -4.66. The second-order valence-electron chi connectivity index (χ2n) is 7.23. The van der Waals surface area contributed by atoms with E-state index >= 15 is 0 Å². The summed E-state index contributed by atoms with van der Waals surface area (Å²) in [7, 11) is 0. The highest BCUT2D eigenvalue weighted by molar-refractivity contribution is 6.35. The first-order valence-corrected chi connectivity index (χ1v) is 10.9. The summed E-state index contributed by atoms with van der Waals surface area (Å²) in [6.07, 6.45) is 1.37. The first kappa shape index (κ1) is 25.0. The fraction of sp³-hybridized carbons (Fsp3) is 0.154. The number of carbonyl (C=O) groups excluding carboxylic acids is 3. The van der Waals surface area contributed by atoms with Crippen molar-refractivity contribution in [3.8, 4) is 11.5 Å². The molecule has 0 aromatic heterocycles. The molecule has 0 aliphatic heterocycles. The summed E-state index contributed by atoms with van der Waals surface area (Å²) >= 11 is 0. The Labute approximate surface area is 203 Å². The molecule has 0 saturated carbocycles.